The number of hydrogen-bond donors (Lipinski definition) is 1. The first kappa shape index (κ1) is 14.2. The van der Waals surface area contributed by atoms with Gasteiger partial charge in [0.05, 0.1) is 22.3 Å². The summed E-state index contributed by atoms with van der Waals surface area (Å²) in [6.45, 7) is 1.16. The number of amides is 1. The summed E-state index contributed by atoms with van der Waals surface area (Å²) in [6, 6.07) is 13.3. The van der Waals surface area contributed by atoms with Crippen molar-refractivity contribution in [2.75, 3.05) is 23.3 Å². The van der Waals surface area contributed by atoms with Gasteiger partial charge < -0.3 is 10.2 Å². The first-order valence-corrected chi connectivity index (χ1v) is 7.47. The van der Waals surface area contributed by atoms with Gasteiger partial charge in [0.15, 0.2) is 0 Å². The molecule has 1 aliphatic heterocycles. The topological polar surface area (TPSA) is 32.3 Å². The first-order valence-electron chi connectivity index (χ1n) is 6.72. The van der Waals surface area contributed by atoms with E-state index in [2.05, 4.69) is 16.3 Å². The van der Waals surface area contributed by atoms with Crippen molar-refractivity contribution < 1.29 is 4.79 Å². The van der Waals surface area contributed by atoms with Crippen LogP contribution in [0.5, 0.6) is 0 Å². The van der Waals surface area contributed by atoms with Gasteiger partial charge in [-0.05, 0) is 30.2 Å². The van der Waals surface area contributed by atoms with Crippen molar-refractivity contribution in [2.24, 2.45) is 0 Å². The molecule has 2 aromatic rings. The summed E-state index contributed by atoms with van der Waals surface area (Å²) in [7, 11) is 0. The second-order valence-electron chi connectivity index (χ2n) is 4.95. The summed E-state index contributed by atoms with van der Waals surface area (Å²) in [5, 5.41) is 3.61. The van der Waals surface area contributed by atoms with Gasteiger partial charge in [0.2, 0.25) is 5.91 Å². The second-order valence-corrected chi connectivity index (χ2v) is 5.73. The molecule has 0 aliphatic carbocycles. The number of hydrogen-bond acceptors (Lipinski definition) is 2. The number of para-hydroxylation sites is 1. The molecule has 0 bridgehead atoms. The SMILES string of the molecule is O=C(CN1CCc2ccccc21)Nc1cccc(Cl)c1Cl. The maximum Gasteiger partial charge on any atom is 0.243 e. The molecule has 21 heavy (non-hydrogen) atoms. The van der Waals surface area contributed by atoms with Crippen LogP contribution in [0.25, 0.3) is 0 Å². The zero-order valence-electron chi connectivity index (χ0n) is 11.3. The number of fused-ring (bicyclic) bond motifs is 1. The number of benzene rings is 2. The smallest absolute Gasteiger partial charge is 0.243 e. The normalized spacial score (nSPS) is 13.1. The van der Waals surface area contributed by atoms with E-state index < -0.39 is 0 Å². The molecule has 5 heteroatoms. The van der Waals surface area contributed by atoms with Crippen LogP contribution in [0.4, 0.5) is 11.4 Å². The Morgan fingerprint density at radius 3 is 2.81 bits per heavy atom. The van der Waals surface area contributed by atoms with Crippen LogP contribution in [0.3, 0.4) is 0 Å². The number of rotatable bonds is 3. The molecule has 0 saturated heterocycles. The van der Waals surface area contributed by atoms with Crippen LogP contribution in [-0.4, -0.2) is 19.0 Å². The van der Waals surface area contributed by atoms with Crippen molar-refractivity contribution in [3.05, 3.63) is 58.1 Å². The Kier molecular flexibility index (Phi) is 4.04. The summed E-state index contributed by atoms with van der Waals surface area (Å²) >= 11 is 12.0. The van der Waals surface area contributed by atoms with E-state index in [1.54, 1.807) is 18.2 Å². The van der Waals surface area contributed by atoms with Crippen LogP contribution in [0.1, 0.15) is 5.56 Å². The minimum atomic E-state index is -0.101. The molecular formula is C16H14Cl2N2O. The fourth-order valence-electron chi connectivity index (χ4n) is 2.53. The monoisotopic (exact) mass is 320 g/mol. The molecule has 1 heterocycles. The van der Waals surface area contributed by atoms with Crippen molar-refractivity contribution >= 4 is 40.5 Å². The molecule has 0 fully saturated rings. The minimum Gasteiger partial charge on any atom is -0.362 e. The molecule has 3 rings (SSSR count). The van der Waals surface area contributed by atoms with Crippen molar-refractivity contribution in [1.29, 1.82) is 0 Å². The third-order valence-electron chi connectivity index (χ3n) is 3.54. The molecule has 3 nitrogen and oxygen atoms in total. The highest BCUT2D eigenvalue weighted by Gasteiger charge is 2.20. The van der Waals surface area contributed by atoms with Gasteiger partial charge in [-0.3, -0.25) is 4.79 Å². The van der Waals surface area contributed by atoms with Crippen LogP contribution >= 0.6 is 23.2 Å². The highest BCUT2D eigenvalue weighted by molar-refractivity contribution is 6.44. The first-order chi connectivity index (χ1) is 10.1. The zero-order valence-corrected chi connectivity index (χ0v) is 12.8. The minimum absolute atomic E-state index is 0.101. The number of halogens is 2. The van der Waals surface area contributed by atoms with Crippen LogP contribution in [-0.2, 0) is 11.2 Å². The standard InChI is InChI=1S/C16H14Cl2N2O/c17-12-5-3-6-13(16(12)18)19-15(21)10-20-9-8-11-4-1-2-7-14(11)20/h1-7H,8-10H2,(H,19,21). The zero-order chi connectivity index (χ0) is 14.8. The van der Waals surface area contributed by atoms with Crippen LogP contribution < -0.4 is 10.2 Å². The molecule has 1 N–H and O–H groups in total. The van der Waals surface area contributed by atoms with E-state index >= 15 is 0 Å². The number of carbonyl (C=O) groups is 1. The number of carbonyl (C=O) groups excluding carboxylic acids is 1. The van der Waals surface area contributed by atoms with Gasteiger partial charge in [0.1, 0.15) is 0 Å². The summed E-state index contributed by atoms with van der Waals surface area (Å²) in [5.74, 6) is -0.101. The van der Waals surface area contributed by atoms with Crippen molar-refractivity contribution in [1.82, 2.24) is 0 Å². The number of nitrogens with one attached hydrogen (secondary N) is 1. The maximum absolute atomic E-state index is 12.2. The summed E-state index contributed by atoms with van der Waals surface area (Å²) < 4.78 is 0. The Bertz CT molecular complexity index is 688. The average molecular weight is 321 g/mol. The summed E-state index contributed by atoms with van der Waals surface area (Å²) in [5.41, 5.74) is 2.96. The molecule has 0 spiro atoms. The number of anilines is 2. The Hall–Kier alpha value is -1.71. The van der Waals surface area contributed by atoms with Crippen LogP contribution in [0, 0.1) is 0 Å². The molecule has 0 atom stereocenters. The molecule has 108 valence electrons. The van der Waals surface area contributed by atoms with Crippen molar-refractivity contribution in [3.63, 3.8) is 0 Å². The van der Waals surface area contributed by atoms with E-state index in [4.69, 9.17) is 23.2 Å². The maximum atomic E-state index is 12.2. The van der Waals surface area contributed by atoms with Gasteiger partial charge in [-0.25, -0.2) is 0 Å². The average Bonchev–Trinajstić information content (AvgIpc) is 2.87. The summed E-state index contributed by atoms with van der Waals surface area (Å²) in [6.07, 6.45) is 0.974. The van der Waals surface area contributed by atoms with Crippen molar-refractivity contribution in [3.8, 4) is 0 Å². The van der Waals surface area contributed by atoms with E-state index in [0.717, 1.165) is 18.7 Å². The Morgan fingerprint density at radius 2 is 1.95 bits per heavy atom. The highest BCUT2D eigenvalue weighted by Crippen LogP contribution is 2.30. The number of nitrogens with zero attached hydrogens (tertiary/aromatic N) is 1. The predicted octanol–water partition coefficient (Wildman–Crippen LogP) is 3.99. The lowest BCUT2D eigenvalue weighted by Gasteiger charge is -2.19. The van der Waals surface area contributed by atoms with Gasteiger partial charge in [-0.2, -0.15) is 0 Å². The van der Waals surface area contributed by atoms with Gasteiger partial charge in [-0.1, -0.05) is 47.5 Å². The second kappa shape index (κ2) is 5.96. The van der Waals surface area contributed by atoms with Crippen LogP contribution in [0.15, 0.2) is 42.5 Å². The fourth-order valence-corrected chi connectivity index (χ4v) is 2.88. The third-order valence-corrected chi connectivity index (χ3v) is 4.36. The molecule has 1 aliphatic rings. The van der Waals surface area contributed by atoms with Crippen molar-refractivity contribution in [2.45, 2.75) is 6.42 Å². The fraction of sp³-hybridized carbons (Fsp3) is 0.188. The van der Waals surface area contributed by atoms with E-state index in [1.165, 1.54) is 5.56 Å². The van der Waals surface area contributed by atoms with E-state index in [1.807, 2.05) is 18.2 Å². The van der Waals surface area contributed by atoms with E-state index in [-0.39, 0.29) is 5.91 Å². The van der Waals surface area contributed by atoms with Gasteiger partial charge >= 0.3 is 0 Å². The largest absolute Gasteiger partial charge is 0.362 e. The quantitative estimate of drug-likeness (QED) is 0.927. The molecule has 0 radical (unpaired) electrons. The molecule has 0 unspecified atom stereocenters. The Labute approximate surface area is 133 Å². The Balaban J connectivity index is 1.69. The lowest BCUT2D eigenvalue weighted by Crippen LogP contribution is -2.31. The van der Waals surface area contributed by atoms with E-state index in [9.17, 15) is 4.79 Å². The molecule has 0 saturated carbocycles. The Morgan fingerprint density at radius 1 is 1.14 bits per heavy atom. The van der Waals surface area contributed by atoms with Gasteiger partial charge in [-0.15, -0.1) is 0 Å². The third kappa shape index (κ3) is 2.99. The lowest BCUT2D eigenvalue weighted by molar-refractivity contribution is -0.115. The molecular weight excluding hydrogens is 307 g/mol. The lowest BCUT2D eigenvalue weighted by atomic mass is 10.2. The predicted molar refractivity (Wildman–Crippen MR) is 87.5 cm³/mol. The van der Waals surface area contributed by atoms with Crippen LogP contribution in [0.2, 0.25) is 10.0 Å². The van der Waals surface area contributed by atoms with Gasteiger partial charge in [0.25, 0.3) is 0 Å². The molecule has 1 amide bonds. The van der Waals surface area contributed by atoms with Gasteiger partial charge in [0, 0.05) is 12.2 Å². The molecule has 2 aromatic carbocycles. The summed E-state index contributed by atoms with van der Waals surface area (Å²) in [4.78, 5) is 14.3. The highest BCUT2D eigenvalue weighted by atomic mass is 35.5. The van der Waals surface area contributed by atoms with E-state index in [0.29, 0.717) is 22.3 Å². The molecule has 0 aromatic heterocycles.